The monoisotopic (exact) mass is 295 g/mol. The molecule has 0 saturated carbocycles. The van der Waals surface area contributed by atoms with Crippen molar-refractivity contribution in [2.45, 2.75) is 39.3 Å². The number of alkyl halides is 3. The van der Waals surface area contributed by atoms with Crippen molar-refractivity contribution in [3.05, 3.63) is 37.9 Å². The van der Waals surface area contributed by atoms with Gasteiger partial charge in [-0.1, -0.05) is 25.4 Å². The predicted molar refractivity (Wildman–Crippen MR) is 66.6 cm³/mol. The molecule has 0 spiro atoms. The number of nitro benzene ring substituents is 1. The molecule has 0 amide bonds. The van der Waals surface area contributed by atoms with Crippen molar-refractivity contribution in [1.82, 2.24) is 0 Å². The van der Waals surface area contributed by atoms with Gasteiger partial charge in [-0.05, 0) is 30.9 Å². The van der Waals surface area contributed by atoms with E-state index in [1.54, 1.807) is 13.8 Å². The Labute approximate surface area is 113 Å². The molecule has 0 heterocycles. The normalized spacial score (nSPS) is 13.4. The molecule has 1 aromatic carbocycles. The second kappa shape index (κ2) is 5.36. The van der Waals surface area contributed by atoms with Crippen LogP contribution in [0.2, 0.25) is 5.02 Å². The maximum atomic E-state index is 12.9. The van der Waals surface area contributed by atoms with Crippen LogP contribution in [0.5, 0.6) is 0 Å². The lowest BCUT2D eigenvalue weighted by Crippen LogP contribution is -2.12. The van der Waals surface area contributed by atoms with Crippen LogP contribution in [0.3, 0.4) is 0 Å². The van der Waals surface area contributed by atoms with E-state index in [4.69, 9.17) is 11.6 Å². The summed E-state index contributed by atoms with van der Waals surface area (Å²) in [5.74, 6) is -0.284. The Morgan fingerprint density at radius 2 is 2.00 bits per heavy atom. The quantitative estimate of drug-likeness (QED) is 0.576. The number of hydrogen-bond acceptors (Lipinski definition) is 2. The number of nitro groups is 1. The summed E-state index contributed by atoms with van der Waals surface area (Å²) in [5, 5.41) is 10.7. The van der Waals surface area contributed by atoms with E-state index in [1.165, 1.54) is 0 Å². The fourth-order valence-electron chi connectivity index (χ4n) is 1.85. The topological polar surface area (TPSA) is 43.1 Å². The van der Waals surface area contributed by atoms with Crippen LogP contribution in [0.25, 0.3) is 0 Å². The molecular weight excluding hydrogens is 283 g/mol. The third kappa shape index (κ3) is 3.00. The molecule has 19 heavy (non-hydrogen) atoms. The van der Waals surface area contributed by atoms with Crippen LogP contribution in [0.15, 0.2) is 6.07 Å². The van der Waals surface area contributed by atoms with E-state index in [0.29, 0.717) is 6.42 Å². The lowest BCUT2D eigenvalue weighted by Gasteiger charge is -2.17. The third-order valence-corrected chi connectivity index (χ3v) is 3.55. The molecular formula is C12H13ClF3NO2. The zero-order chi connectivity index (χ0) is 15.0. The van der Waals surface area contributed by atoms with Gasteiger partial charge in [0.05, 0.1) is 10.5 Å². The molecule has 0 fully saturated rings. The molecule has 1 rings (SSSR count). The predicted octanol–water partition coefficient (Wildman–Crippen LogP) is 5.09. The highest BCUT2D eigenvalue weighted by atomic mass is 35.5. The van der Waals surface area contributed by atoms with Crippen LogP contribution < -0.4 is 0 Å². The Morgan fingerprint density at radius 1 is 1.47 bits per heavy atom. The van der Waals surface area contributed by atoms with Crippen molar-refractivity contribution in [1.29, 1.82) is 0 Å². The van der Waals surface area contributed by atoms with Crippen molar-refractivity contribution in [3.63, 3.8) is 0 Å². The zero-order valence-electron chi connectivity index (χ0n) is 10.6. The van der Waals surface area contributed by atoms with E-state index in [1.807, 2.05) is 0 Å². The first kappa shape index (κ1) is 15.8. The average Bonchev–Trinajstić information content (AvgIpc) is 2.26. The van der Waals surface area contributed by atoms with Crippen molar-refractivity contribution in [2.24, 2.45) is 0 Å². The summed E-state index contributed by atoms with van der Waals surface area (Å²) in [5.41, 5.74) is -1.95. The minimum atomic E-state index is -4.64. The lowest BCUT2D eigenvalue weighted by molar-refractivity contribution is -0.385. The van der Waals surface area contributed by atoms with Gasteiger partial charge in [0, 0.05) is 5.56 Å². The summed E-state index contributed by atoms with van der Waals surface area (Å²) >= 11 is 5.90. The highest BCUT2D eigenvalue weighted by Crippen LogP contribution is 2.43. The smallest absolute Gasteiger partial charge is 0.258 e. The van der Waals surface area contributed by atoms with Crippen molar-refractivity contribution in [3.8, 4) is 0 Å². The first-order chi connectivity index (χ1) is 8.61. The molecule has 0 radical (unpaired) electrons. The molecule has 1 unspecified atom stereocenters. The molecule has 106 valence electrons. The minimum Gasteiger partial charge on any atom is -0.258 e. The summed E-state index contributed by atoms with van der Waals surface area (Å²) in [6.45, 7) is 4.52. The van der Waals surface area contributed by atoms with Gasteiger partial charge in [-0.3, -0.25) is 10.1 Å². The third-order valence-electron chi connectivity index (χ3n) is 3.15. The van der Waals surface area contributed by atoms with E-state index in [0.717, 1.165) is 13.0 Å². The molecule has 0 saturated heterocycles. The van der Waals surface area contributed by atoms with Gasteiger partial charge in [-0.25, -0.2) is 0 Å². The molecule has 0 N–H and O–H groups in total. The number of nitrogens with zero attached hydrogens (tertiary/aromatic N) is 1. The van der Waals surface area contributed by atoms with Gasteiger partial charge in [-0.2, -0.15) is 13.2 Å². The fourth-order valence-corrected chi connectivity index (χ4v) is 2.30. The second-order valence-electron chi connectivity index (χ2n) is 4.37. The zero-order valence-corrected chi connectivity index (χ0v) is 11.4. The SMILES string of the molecule is CCC(C)c1cc(C(F)(F)F)c(C)c([N+](=O)[O-])c1Cl. The summed E-state index contributed by atoms with van der Waals surface area (Å²) < 4.78 is 38.7. The van der Waals surface area contributed by atoms with Gasteiger partial charge in [-0.15, -0.1) is 0 Å². The van der Waals surface area contributed by atoms with Gasteiger partial charge in [0.25, 0.3) is 5.69 Å². The molecule has 0 aromatic heterocycles. The van der Waals surface area contributed by atoms with Crippen LogP contribution in [0.1, 0.15) is 42.9 Å². The molecule has 0 aliphatic carbocycles. The highest BCUT2D eigenvalue weighted by Gasteiger charge is 2.38. The van der Waals surface area contributed by atoms with Gasteiger partial charge in [0.2, 0.25) is 0 Å². The van der Waals surface area contributed by atoms with E-state index in [2.05, 4.69) is 0 Å². The first-order valence-electron chi connectivity index (χ1n) is 5.65. The largest absolute Gasteiger partial charge is 0.416 e. The molecule has 1 aromatic rings. The van der Waals surface area contributed by atoms with E-state index < -0.39 is 27.9 Å². The summed E-state index contributed by atoms with van der Waals surface area (Å²) in [7, 11) is 0. The summed E-state index contributed by atoms with van der Waals surface area (Å²) in [6.07, 6.45) is -4.10. The Morgan fingerprint density at radius 3 is 2.37 bits per heavy atom. The lowest BCUT2D eigenvalue weighted by atomic mass is 9.93. The number of rotatable bonds is 3. The molecule has 1 atom stereocenters. The Hall–Kier alpha value is -1.30. The molecule has 0 bridgehead atoms. The highest BCUT2D eigenvalue weighted by molar-refractivity contribution is 6.33. The van der Waals surface area contributed by atoms with E-state index in [9.17, 15) is 23.3 Å². The molecule has 7 heteroatoms. The first-order valence-corrected chi connectivity index (χ1v) is 6.03. The molecule has 0 aliphatic heterocycles. The Balaban J connectivity index is 3.70. The fraction of sp³-hybridized carbons (Fsp3) is 0.500. The van der Waals surface area contributed by atoms with Crippen LogP contribution in [0, 0.1) is 17.0 Å². The summed E-state index contributed by atoms with van der Waals surface area (Å²) in [6, 6.07) is 0.916. The standard InChI is InChI=1S/C12H13ClF3NO2/c1-4-6(2)8-5-9(12(14,15)16)7(3)11(10(8)13)17(18)19/h5-6H,4H2,1-3H3. The van der Waals surface area contributed by atoms with Gasteiger partial charge in [0.15, 0.2) is 0 Å². The Bertz CT molecular complexity index is 515. The Kier molecular flexibility index (Phi) is 4.45. The van der Waals surface area contributed by atoms with Crippen LogP contribution >= 0.6 is 11.6 Å². The van der Waals surface area contributed by atoms with Crippen molar-refractivity contribution in [2.75, 3.05) is 0 Å². The number of benzene rings is 1. The second-order valence-corrected chi connectivity index (χ2v) is 4.74. The van der Waals surface area contributed by atoms with Gasteiger partial charge < -0.3 is 0 Å². The number of halogens is 4. The maximum Gasteiger partial charge on any atom is 0.416 e. The molecule has 3 nitrogen and oxygen atoms in total. The van der Waals surface area contributed by atoms with E-state index in [-0.39, 0.29) is 16.5 Å². The van der Waals surface area contributed by atoms with Crippen molar-refractivity contribution >= 4 is 17.3 Å². The van der Waals surface area contributed by atoms with Gasteiger partial charge in [0.1, 0.15) is 5.02 Å². The van der Waals surface area contributed by atoms with Crippen LogP contribution in [0.4, 0.5) is 18.9 Å². The van der Waals surface area contributed by atoms with Crippen molar-refractivity contribution < 1.29 is 18.1 Å². The summed E-state index contributed by atoms with van der Waals surface area (Å²) in [4.78, 5) is 10.1. The van der Waals surface area contributed by atoms with E-state index >= 15 is 0 Å². The average molecular weight is 296 g/mol. The number of hydrogen-bond donors (Lipinski definition) is 0. The minimum absolute atomic E-state index is 0.161. The molecule has 0 aliphatic rings. The van der Waals surface area contributed by atoms with Crippen LogP contribution in [-0.4, -0.2) is 4.92 Å². The maximum absolute atomic E-state index is 12.9. The van der Waals surface area contributed by atoms with Gasteiger partial charge >= 0.3 is 6.18 Å². The van der Waals surface area contributed by atoms with Crippen LogP contribution in [-0.2, 0) is 6.18 Å².